The van der Waals surface area contributed by atoms with Crippen LogP contribution in [0, 0.1) is 12.7 Å². The lowest BCUT2D eigenvalue weighted by Crippen LogP contribution is -2.03. The molecule has 0 aromatic heterocycles. The summed E-state index contributed by atoms with van der Waals surface area (Å²) in [6, 6.07) is 10.9. The molecule has 0 bridgehead atoms. The zero-order valence-corrected chi connectivity index (χ0v) is 12.4. The van der Waals surface area contributed by atoms with E-state index < -0.39 is 0 Å². The first-order valence-corrected chi connectivity index (χ1v) is 6.72. The van der Waals surface area contributed by atoms with E-state index in [1.54, 1.807) is 13.2 Å². The number of methoxy groups -OCH3 is 1. The fourth-order valence-corrected chi connectivity index (χ4v) is 2.13. The molecule has 4 heteroatoms. The molecule has 0 heterocycles. The third-order valence-electron chi connectivity index (χ3n) is 2.84. The molecule has 2 aromatic rings. The fraction of sp³-hybridized carbons (Fsp3) is 0.200. The minimum atomic E-state index is -0.229. The van der Waals surface area contributed by atoms with Gasteiger partial charge in [-0.1, -0.05) is 28.1 Å². The summed E-state index contributed by atoms with van der Waals surface area (Å²) >= 11 is 3.24. The number of benzene rings is 2. The van der Waals surface area contributed by atoms with Crippen LogP contribution in [-0.4, -0.2) is 7.11 Å². The van der Waals surface area contributed by atoms with E-state index in [-0.39, 0.29) is 5.82 Å². The zero-order chi connectivity index (χ0) is 13.8. The molecule has 2 aromatic carbocycles. The van der Waals surface area contributed by atoms with Crippen LogP contribution >= 0.6 is 15.9 Å². The lowest BCUT2D eigenvalue weighted by molar-refractivity contribution is 0.416. The molecule has 0 aliphatic rings. The van der Waals surface area contributed by atoms with Gasteiger partial charge in [-0.05, 0) is 36.8 Å². The molecule has 0 aliphatic carbocycles. The SMILES string of the molecule is COc1cc(C)ccc1NCc1ccc(Br)cc1F. The van der Waals surface area contributed by atoms with Gasteiger partial charge in [0.05, 0.1) is 12.8 Å². The Morgan fingerprint density at radius 1 is 1.21 bits per heavy atom. The first-order chi connectivity index (χ1) is 9.10. The Bertz CT molecular complexity index is 586. The molecule has 0 aliphatic heterocycles. The van der Waals surface area contributed by atoms with E-state index in [2.05, 4.69) is 21.2 Å². The van der Waals surface area contributed by atoms with Gasteiger partial charge < -0.3 is 10.1 Å². The lowest BCUT2D eigenvalue weighted by atomic mass is 10.2. The number of rotatable bonds is 4. The highest BCUT2D eigenvalue weighted by atomic mass is 79.9. The van der Waals surface area contributed by atoms with Crippen LogP contribution in [0.1, 0.15) is 11.1 Å². The van der Waals surface area contributed by atoms with Crippen LogP contribution in [0.3, 0.4) is 0 Å². The lowest BCUT2D eigenvalue weighted by Gasteiger charge is -2.12. The Kier molecular flexibility index (Phi) is 4.43. The summed E-state index contributed by atoms with van der Waals surface area (Å²) in [5.74, 6) is 0.533. The second kappa shape index (κ2) is 6.06. The van der Waals surface area contributed by atoms with Crippen molar-refractivity contribution in [3.8, 4) is 5.75 Å². The van der Waals surface area contributed by atoms with Gasteiger partial charge in [0.25, 0.3) is 0 Å². The number of hydrogen-bond acceptors (Lipinski definition) is 2. The summed E-state index contributed by atoms with van der Waals surface area (Å²) in [7, 11) is 1.63. The number of aryl methyl sites for hydroxylation is 1. The van der Waals surface area contributed by atoms with Gasteiger partial charge in [0.15, 0.2) is 0 Å². The maximum absolute atomic E-state index is 13.7. The van der Waals surface area contributed by atoms with E-state index in [0.717, 1.165) is 21.5 Å². The van der Waals surface area contributed by atoms with Crippen LogP contribution < -0.4 is 10.1 Å². The predicted molar refractivity (Wildman–Crippen MR) is 79.2 cm³/mol. The average Bonchev–Trinajstić information content (AvgIpc) is 2.39. The molecule has 0 fully saturated rings. The van der Waals surface area contributed by atoms with Crippen molar-refractivity contribution in [2.45, 2.75) is 13.5 Å². The molecule has 0 atom stereocenters. The van der Waals surface area contributed by atoms with Crippen LogP contribution in [0.2, 0.25) is 0 Å². The Balaban J connectivity index is 2.14. The van der Waals surface area contributed by atoms with Gasteiger partial charge >= 0.3 is 0 Å². The first-order valence-electron chi connectivity index (χ1n) is 5.92. The standard InChI is InChI=1S/C15H15BrFNO/c1-10-3-6-14(15(7-10)19-2)18-9-11-4-5-12(16)8-13(11)17/h3-8,18H,9H2,1-2H3. The molecule has 0 saturated carbocycles. The number of nitrogens with one attached hydrogen (secondary N) is 1. The monoisotopic (exact) mass is 323 g/mol. The van der Waals surface area contributed by atoms with Crippen LogP contribution in [0.4, 0.5) is 10.1 Å². The summed E-state index contributed by atoms with van der Waals surface area (Å²) in [6.07, 6.45) is 0. The molecule has 1 N–H and O–H groups in total. The summed E-state index contributed by atoms with van der Waals surface area (Å²) in [5.41, 5.74) is 2.60. The molecule has 0 amide bonds. The van der Waals surface area contributed by atoms with Gasteiger partial charge in [-0.25, -0.2) is 4.39 Å². The summed E-state index contributed by atoms with van der Waals surface area (Å²) in [6.45, 7) is 2.42. The number of hydrogen-bond donors (Lipinski definition) is 1. The largest absolute Gasteiger partial charge is 0.495 e. The van der Waals surface area contributed by atoms with Crippen molar-refractivity contribution in [1.29, 1.82) is 0 Å². The number of halogens is 2. The van der Waals surface area contributed by atoms with Gasteiger partial charge in [0.2, 0.25) is 0 Å². The molecule has 0 saturated heterocycles. The third-order valence-corrected chi connectivity index (χ3v) is 3.33. The van der Waals surface area contributed by atoms with Gasteiger partial charge in [0.1, 0.15) is 11.6 Å². The molecule has 2 rings (SSSR count). The Morgan fingerprint density at radius 2 is 2.00 bits per heavy atom. The Morgan fingerprint density at radius 3 is 2.68 bits per heavy atom. The second-order valence-electron chi connectivity index (χ2n) is 4.29. The molecule has 2 nitrogen and oxygen atoms in total. The molecule has 0 radical (unpaired) electrons. The minimum absolute atomic E-state index is 0.229. The highest BCUT2D eigenvalue weighted by molar-refractivity contribution is 9.10. The van der Waals surface area contributed by atoms with Crippen molar-refractivity contribution in [3.05, 3.63) is 57.8 Å². The summed E-state index contributed by atoms with van der Waals surface area (Å²) in [5, 5.41) is 3.19. The summed E-state index contributed by atoms with van der Waals surface area (Å²) in [4.78, 5) is 0. The molecule has 100 valence electrons. The fourth-order valence-electron chi connectivity index (χ4n) is 1.80. The predicted octanol–water partition coefficient (Wildman–Crippen LogP) is 4.52. The topological polar surface area (TPSA) is 21.3 Å². The van der Waals surface area contributed by atoms with Crippen LogP contribution in [0.5, 0.6) is 5.75 Å². The van der Waals surface area contributed by atoms with Gasteiger partial charge in [0, 0.05) is 16.6 Å². The van der Waals surface area contributed by atoms with Crippen molar-refractivity contribution in [2.75, 3.05) is 12.4 Å². The van der Waals surface area contributed by atoms with E-state index in [1.165, 1.54) is 6.07 Å². The maximum atomic E-state index is 13.7. The van der Waals surface area contributed by atoms with Gasteiger partial charge in [-0.2, -0.15) is 0 Å². The normalized spacial score (nSPS) is 10.3. The molecular formula is C15H15BrFNO. The van der Waals surface area contributed by atoms with Crippen molar-refractivity contribution >= 4 is 21.6 Å². The van der Waals surface area contributed by atoms with Crippen molar-refractivity contribution < 1.29 is 9.13 Å². The van der Waals surface area contributed by atoms with E-state index in [0.29, 0.717) is 12.1 Å². The third kappa shape index (κ3) is 3.47. The first kappa shape index (κ1) is 13.9. The molecule has 0 spiro atoms. The van der Waals surface area contributed by atoms with E-state index in [1.807, 2.05) is 31.2 Å². The van der Waals surface area contributed by atoms with Crippen LogP contribution in [0.15, 0.2) is 40.9 Å². The Labute approximate surface area is 120 Å². The second-order valence-corrected chi connectivity index (χ2v) is 5.21. The zero-order valence-electron chi connectivity index (χ0n) is 10.8. The Hall–Kier alpha value is -1.55. The highest BCUT2D eigenvalue weighted by Crippen LogP contribution is 2.26. The highest BCUT2D eigenvalue weighted by Gasteiger charge is 2.06. The number of ether oxygens (including phenoxy) is 1. The maximum Gasteiger partial charge on any atom is 0.142 e. The van der Waals surface area contributed by atoms with Crippen LogP contribution in [-0.2, 0) is 6.54 Å². The summed E-state index contributed by atoms with van der Waals surface area (Å²) < 4.78 is 19.7. The molecule has 19 heavy (non-hydrogen) atoms. The average molecular weight is 324 g/mol. The van der Waals surface area contributed by atoms with Gasteiger partial charge in [-0.15, -0.1) is 0 Å². The molecular weight excluding hydrogens is 309 g/mol. The van der Waals surface area contributed by atoms with Crippen LogP contribution in [0.25, 0.3) is 0 Å². The van der Waals surface area contributed by atoms with E-state index in [9.17, 15) is 4.39 Å². The molecule has 0 unspecified atom stereocenters. The smallest absolute Gasteiger partial charge is 0.142 e. The van der Waals surface area contributed by atoms with Crippen molar-refractivity contribution in [3.63, 3.8) is 0 Å². The number of anilines is 1. The van der Waals surface area contributed by atoms with Crippen molar-refractivity contribution in [2.24, 2.45) is 0 Å². The van der Waals surface area contributed by atoms with Gasteiger partial charge in [-0.3, -0.25) is 0 Å². The van der Waals surface area contributed by atoms with E-state index in [4.69, 9.17) is 4.74 Å². The minimum Gasteiger partial charge on any atom is -0.495 e. The van der Waals surface area contributed by atoms with E-state index >= 15 is 0 Å². The quantitative estimate of drug-likeness (QED) is 0.893. The van der Waals surface area contributed by atoms with Crippen molar-refractivity contribution in [1.82, 2.24) is 0 Å².